The van der Waals surface area contributed by atoms with Crippen LogP contribution in [0.2, 0.25) is 0 Å². The maximum Gasteiger partial charge on any atom is 0.0701 e. The van der Waals surface area contributed by atoms with Gasteiger partial charge in [0.25, 0.3) is 0 Å². The first kappa shape index (κ1) is 16.2. The Morgan fingerprint density at radius 2 is 1.78 bits per heavy atom. The van der Waals surface area contributed by atoms with E-state index in [4.69, 9.17) is 25.8 Å². The van der Waals surface area contributed by atoms with E-state index in [2.05, 4.69) is 5.32 Å². The van der Waals surface area contributed by atoms with E-state index >= 15 is 0 Å². The fourth-order valence-electron chi connectivity index (χ4n) is 2.27. The number of alkyl halides is 1. The molecule has 0 aromatic heterocycles. The molecule has 0 heterocycles. The van der Waals surface area contributed by atoms with Gasteiger partial charge in [0.15, 0.2) is 0 Å². The molecule has 1 N–H and O–H groups in total. The van der Waals surface area contributed by atoms with Crippen LogP contribution in [0.1, 0.15) is 19.3 Å². The Morgan fingerprint density at radius 1 is 1.06 bits per heavy atom. The average Bonchev–Trinajstić information content (AvgIpc) is 2.84. The zero-order valence-electron chi connectivity index (χ0n) is 11.3. The summed E-state index contributed by atoms with van der Waals surface area (Å²) in [7, 11) is 1.67. The van der Waals surface area contributed by atoms with Gasteiger partial charge in [0, 0.05) is 25.6 Å². The molecule has 1 aliphatic carbocycles. The SMILES string of the molecule is COCCOCCOCCNC1CCCC1CCl. The van der Waals surface area contributed by atoms with Crippen molar-refractivity contribution in [3.05, 3.63) is 0 Å². The quantitative estimate of drug-likeness (QED) is 0.461. The summed E-state index contributed by atoms with van der Waals surface area (Å²) in [6.45, 7) is 4.20. The Balaban J connectivity index is 1.83. The molecule has 0 aliphatic heterocycles. The van der Waals surface area contributed by atoms with Gasteiger partial charge in [0.1, 0.15) is 0 Å². The van der Waals surface area contributed by atoms with Crippen LogP contribution in [0.15, 0.2) is 0 Å². The van der Waals surface area contributed by atoms with Gasteiger partial charge in [0.2, 0.25) is 0 Å². The second-order valence-corrected chi connectivity index (χ2v) is 4.93. The second kappa shape index (κ2) is 11.0. The molecule has 0 bridgehead atoms. The fourth-order valence-corrected chi connectivity index (χ4v) is 2.64. The molecule has 1 aliphatic rings. The number of methoxy groups -OCH3 is 1. The van der Waals surface area contributed by atoms with Gasteiger partial charge in [-0.15, -0.1) is 11.6 Å². The fraction of sp³-hybridized carbons (Fsp3) is 1.00. The smallest absolute Gasteiger partial charge is 0.0701 e. The zero-order chi connectivity index (χ0) is 13.1. The third-order valence-electron chi connectivity index (χ3n) is 3.31. The summed E-state index contributed by atoms with van der Waals surface area (Å²) in [6.07, 6.45) is 3.80. The lowest BCUT2D eigenvalue weighted by Gasteiger charge is -2.18. The molecule has 0 saturated heterocycles. The first-order valence-electron chi connectivity index (χ1n) is 6.82. The minimum absolute atomic E-state index is 0.587. The molecule has 108 valence electrons. The van der Waals surface area contributed by atoms with E-state index in [-0.39, 0.29) is 0 Å². The largest absolute Gasteiger partial charge is 0.382 e. The van der Waals surface area contributed by atoms with E-state index in [1.807, 2.05) is 0 Å². The molecule has 4 nitrogen and oxygen atoms in total. The highest BCUT2D eigenvalue weighted by atomic mass is 35.5. The predicted molar refractivity (Wildman–Crippen MR) is 73.4 cm³/mol. The summed E-state index contributed by atoms with van der Waals surface area (Å²) < 4.78 is 15.7. The highest BCUT2D eigenvalue weighted by molar-refractivity contribution is 6.18. The second-order valence-electron chi connectivity index (χ2n) is 4.62. The predicted octanol–water partition coefficient (Wildman–Crippen LogP) is 1.66. The highest BCUT2D eigenvalue weighted by Crippen LogP contribution is 2.26. The molecular formula is C13H26ClNO3. The Morgan fingerprint density at radius 3 is 2.50 bits per heavy atom. The highest BCUT2D eigenvalue weighted by Gasteiger charge is 2.25. The van der Waals surface area contributed by atoms with E-state index in [1.165, 1.54) is 19.3 Å². The lowest BCUT2D eigenvalue weighted by Crippen LogP contribution is -2.35. The summed E-state index contributed by atoms with van der Waals surface area (Å²) in [4.78, 5) is 0. The van der Waals surface area contributed by atoms with E-state index in [9.17, 15) is 0 Å². The van der Waals surface area contributed by atoms with Crippen molar-refractivity contribution >= 4 is 11.6 Å². The lowest BCUT2D eigenvalue weighted by molar-refractivity contribution is 0.0251. The Labute approximate surface area is 115 Å². The molecule has 1 fully saturated rings. The first-order valence-corrected chi connectivity index (χ1v) is 7.35. The molecule has 2 unspecified atom stereocenters. The van der Waals surface area contributed by atoms with E-state index in [0.29, 0.717) is 38.4 Å². The maximum absolute atomic E-state index is 5.93. The standard InChI is InChI=1S/C13H26ClNO3/c1-16-7-8-18-10-9-17-6-5-15-13-4-2-3-12(13)11-14/h12-13,15H,2-11H2,1H3. The van der Waals surface area contributed by atoms with Crippen molar-refractivity contribution in [1.29, 1.82) is 0 Å². The van der Waals surface area contributed by atoms with Gasteiger partial charge in [0.05, 0.1) is 33.0 Å². The number of rotatable bonds is 11. The topological polar surface area (TPSA) is 39.7 Å². The Hall–Kier alpha value is 0.130. The van der Waals surface area contributed by atoms with Gasteiger partial charge in [-0.25, -0.2) is 0 Å². The van der Waals surface area contributed by atoms with Crippen LogP contribution in [-0.2, 0) is 14.2 Å². The molecular weight excluding hydrogens is 254 g/mol. The molecule has 0 radical (unpaired) electrons. The van der Waals surface area contributed by atoms with Crippen molar-refractivity contribution in [2.24, 2.45) is 5.92 Å². The van der Waals surface area contributed by atoms with Gasteiger partial charge in [-0.2, -0.15) is 0 Å². The molecule has 1 saturated carbocycles. The minimum atomic E-state index is 0.587. The molecule has 0 amide bonds. The molecule has 0 aromatic rings. The van der Waals surface area contributed by atoms with Crippen LogP contribution in [0.4, 0.5) is 0 Å². The molecule has 1 rings (SSSR count). The van der Waals surface area contributed by atoms with Crippen molar-refractivity contribution in [3.63, 3.8) is 0 Å². The Kier molecular flexibility index (Phi) is 9.89. The van der Waals surface area contributed by atoms with E-state index in [1.54, 1.807) is 7.11 Å². The van der Waals surface area contributed by atoms with Crippen LogP contribution in [0, 0.1) is 5.92 Å². The van der Waals surface area contributed by atoms with Gasteiger partial charge in [-0.05, 0) is 18.8 Å². The summed E-state index contributed by atoms with van der Waals surface area (Å²) in [6, 6.07) is 0.587. The van der Waals surface area contributed by atoms with Crippen molar-refractivity contribution < 1.29 is 14.2 Å². The zero-order valence-corrected chi connectivity index (χ0v) is 12.1. The number of hydrogen-bond acceptors (Lipinski definition) is 4. The van der Waals surface area contributed by atoms with Crippen molar-refractivity contribution in [3.8, 4) is 0 Å². The normalized spacial score (nSPS) is 23.7. The number of nitrogens with one attached hydrogen (secondary N) is 1. The van der Waals surface area contributed by atoms with Crippen molar-refractivity contribution in [1.82, 2.24) is 5.32 Å². The molecule has 0 aromatic carbocycles. The van der Waals surface area contributed by atoms with Gasteiger partial charge >= 0.3 is 0 Å². The van der Waals surface area contributed by atoms with Crippen LogP contribution in [0.25, 0.3) is 0 Å². The number of hydrogen-bond donors (Lipinski definition) is 1. The van der Waals surface area contributed by atoms with Gasteiger partial charge in [-0.1, -0.05) is 6.42 Å². The van der Waals surface area contributed by atoms with Crippen LogP contribution < -0.4 is 5.32 Å². The van der Waals surface area contributed by atoms with Crippen LogP contribution >= 0.6 is 11.6 Å². The van der Waals surface area contributed by atoms with Crippen molar-refractivity contribution in [2.75, 3.05) is 52.6 Å². The first-order chi connectivity index (χ1) is 8.88. The summed E-state index contributed by atoms with van der Waals surface area (Å²) in [5.41, 5.74) is 0. The van der Waals surface area contributed by atoms with Gasteiger partial charge < -0.3 is 19.5 Å². The summed E-state index contributed by atoms with van der Waals surface area (Å²) >= 11 is 5.93. The molecule has 18 heavy (non-hydrogen) atoms. The lowest BCUT2D eigenvalue weighted by atomic mass is 10.1. The monoisotopic (exact) mass is 279 g/mol. The van der Waals surface area contributed by atoms with E-state index < -0.39 is 0 Å². The summed E-state index contributed by atoms with van der Waals surface area (Å²) in [5, 5.41) is 3.52. The van der Waals surface area contributed by atoms with Crippen LogP contribution in [0.3, 0.4) is 0 Å². The molecule has 5 heteroatoms. The Bertz CT molecular complexity index is 195. The maximum atomic E-state index is 5.93. The molecule has 0 spiro atoms. The average molecular weight is 280 g/mol. The number of ether oxygens (including phenoxy) is 3. The minimum Gasteiger partial charge on any atom is -0.382 e. The third-order valence-corrected chi connectivity index (χ3v) is 3.71. The molecule has 2 atom stereocenters. The van der Waals surface area contributed by atoms with Crippen LogP contribution in [0.5, 0.6) is 0 Å². The third kappa shape index (κ3) is 6.90. The van der Waals surface area contributed by atoms with E-state index in [0.717, 1.165) is 19.0 Å². The van der Waals surface area contributed by atoms with Crippen LogP contribution in [-0.4, -0.2) is 58.6 Å². The summed E-state index contributed by atoms with van der Waals surface area (Å²) in [5.74, 6) is 1.41. The number of halogens is 1. The van der Waals surface area contributed by atoms with Gasteiger partial charge in [-0.3, -0.25) is 0 Å². The van der Waals surface area contributed by atoms with Crippen molar-refractivity contribution in [2.45, 2.75) is 25.3 Å².